The maximum Gasteiger partial charge on any atom is 0.269 e. The molecule has 0 heterocycles. The number of hydrogen-bond donors (Lipinski definition) is 1. The Morgan fingerprint density at radius 3 is 2.43 bits per heavy atom. The Morgan fingerprint density at radius 2 is 2.00 bits per heavy atom. The highest BCUT2D eigenvalue weighted by molar-refractivity contribution is 5.50. The van der Waals surface area contributed by atoms with Crippen LogP contribution >= 0.6 is 0 Å². The van der Waals surface area contributed by atoms with Gasteiger partial charge in [-0.3, -0.25) is 10.1 Å². The van der Waals surface area contributed by atoms with Gasteiger partial charge < -0.3 is 10.6 Å². The molecule has 5 nitrogen and oxygen atoms in total. The summed E-state index contributed by atoms with van der Waals surface area (Å²) in [7, 11) is 1.90. The summed E-state index contributed by atoms with van der Waals surface area (Å²) in [5, 5.41) is 10.4. The van der Waals surface area contributed by atoms with Crippen LogP contribution in [0.2, 0.25) is 0 Å². The average Bonchev–Trinajstić information content (AvgIpc) is 2.18. The summed E-state index contributed by atoms with van der Waals surface area (Å²) in [6.45, 7) is 1.30. The molecule has 76 valence electrons. The molecular formula is C9H13N3O2. The number of non-ortho nitro benzene ring substituents is 1. The van der Waals surface area contributed by atoms with E-state index in [0.29, 0.717) is 6.54 Å². The van der Waals surface area contributed by atoms with Crippen molar-refractivity contribution < 1.29 is 4.92 Å². The third kappa shape index (κ3) is 2.43. The molecule has 0 atom stereocenters. The Morgan fingerprint density at radius 1 is 1.43 bits per heavy atom. The smallest absolute Gasteiger partial charge is 0.269 e. The number of nitro benzene ring substituents is 1. The Bertz CT molecular complexity index is 310. The van der Waals surface area contributed by atoms with Gasteiger partial charge in [-0.1, -0.05) is 0 Å². The third-order valence-corrected chi connectivity index (χ3v) is 1.97. The van der Waals surface area contributed by atoms with Gasteiger partial charge >= 0.3 is 0 Å². The summed E-state index contributed by atoms with van der Waals surface area (Å²) in [4.78, 5) is 11.9. The van der Waals surface area contributed by atoms with Crippen LogP contribution in [0.1, 0.15) is 0 Å². The summed E-state index contributed by atoms with van der Waals surface area (Å²) >= 11 is 0. The molecule has 5 heteroatoms. The Balaban J connectivity index is 2.77. The number of rotatable bonds is 4. The minimum Gasteiger partial charge on any atom is -0.373 e. The Kier molecular flexibility index (Phi) is 3.41. The van der Waals surface area contributed by atoms with Gasteiger partial charge in [0, 0.05) is 38.0 Å². The van der Waals surface area contributed by atoms with Gasteiger partial charge in [-0.05, 0) is 12.1 Å². The number of nitrogens with zero attached hydrogens (tertiary/aromatic N) is 2. The fraction of sp³-hybridized carbons (Fsp3) is 0.333. The van der Waals surface area contributed by atoms with Crippen LogP contribution in [0.4, 0.5) is 11.4 Å². The first-order valence-corrected chi connectivity index (χ1v) is 4.31. The first kappa shape index (κ1) is 10.5. The second-order valence-corrected chi connectivity index (χ2v) is 2.98. The van der Waals surface area contributed by atoms with Crippen molar-refractivity contribution in [1.29, 1.82) is 0 Å². The second kappa shape index (κ2) is 4.57. The Hall–Kier alpha value is -1.62. The van der Waals surface area contributed by atoms with Gasteiger partial charge in [0.1, 0.15) is 0 Å². The lowest BCUT2D eigenvalue weighted by Gasteiger charge is -2.17. The lowest BCUT2D eigenvalue weighted by molar-refractivity contribution is -0.384. The van der Waals surface area contributed by atoms with Crippen LogP contribution in [-0.2, 0) is 0 Å². The van der Waals surface area contributed by atoms with E-state index in [9.17, 15) is 10.1 Å². The molecule has 0 unspecified atom stereocenters. The predicted molar refractivity (Wildman–Crippen MR) is 55.4 cm³/mol. The molecule has 0 spiro atoms. The number of likely N-dealkylation sites (N-methyl/N-ethyl adjacent to an activating group) is 1. The largest absolute Gasteiger partial charge is 0.373 e. The molecule has 0 fully saturated rings. The zero-order valence-corrected chi connectivity index (χ0v) is 8.01. The maximum atomic E-state index is 10.4. The lowest BCUT2D eigenvalue weighted by Crippen LogP contribution is -2.24. The van der Waals surface area contributed by atoms with E-state index in [0.717, 1.165) is 12.2 Å². The van der Waals surface area contributed by atoms with Crippen molar-refractivity contribution >= 4 is 11.4 Å². The number of nitrogens with two attached hydrogens (primary N) is 1. The van der Waals surface area contributed by atoms with E-state index in [1.54, 1.807) is 12.1 Å². The van der Waals surface area contributed by atoms with Crippen molar-refractivity contribution in [3.63, 3.8) is 0 Å². The van der Waals surface area contributed by atoms with E-state index in [1.165, 1.54) is 12.1 Å². The summed E-state index contributed by atoms with van der Waals surface area (Å²) in [5.41, 5.74) is 6.43. The van der Waals surface area contributed by atoms with E-state index in [2.05, 4.69) is 0 Å². The third-order valence-electron chi connectivity index (χ3n) is 1.97. The van der Waals surface area contributed by atoms with Gasteiger partial charge in [0.15, 0.2) is 0 Å². The molecule has 1 aromatic rings. The van der Waals surface area contributed by atoms with E-state index in [1.807, 2.05) is 11.9 Å². The van der Waals surface area contributed by atoms with Gasteiger partial charge in [-0.15, -0.1) is 0 Å². The molecule has 0 radical (unpaired) electrons. The van der Waals surface area contributed by atoms with E-state index in [4.69, 9.17) is 5.73 Å². The second-order valence-electron chi connectivity index (χ2n) is 2.98. The predicted octanol–water partition coefficient (Wildman–Crippen LogP) is 0.990. The van der Waals surface area contributed by atoms with Gasteiger partial charge in [0.25, 0.3) is 5.69 Å². The van der Waals surface area contributed by atoms with Crippen molar-refractivity contribution in [2.24, 2.45) is 5.73 Å². The summed E-state index contributed by atoms with van der Waals surface area (Å²) in [5.74, 6) is 0. The SMILES string of the molecule is CN(CCN)c1ccc([N+](=O)[O-])cc1. The van der Waals surface area contributed by atoms with E-state index in [-0.39, 0.29) is 5.69 Å². The molecule has 0 aliphatic rings. The summed E-state index contributed by atoms with van der Waals surface area (Å²) in [6, 6.07) is 6.41. The maximum absolute atomic E-state index is 10.4. The van der Waals surface area contributed by atoms with Crippen molar-refractivity contribution in [1.82, 2.24) is 0 Å². The highest BCUT2D eigenvalue weighted by Gasteiger charge is 2.05. The molecular weight excluding hydrogens is 182 g/mol. The number of hydrogen-bond acceptors (Lipinski definition) is 4. The Labute approximate surface area is 82.3 Å². The molecule has 0 saturated carbocycles. The van der Waals surface area contributed by atoms with Gasteiger partial charge in [-0.25, -0.2) is 0 Å². The monoisotopic (exact) mass is 195 g/mol. The molecule has 0 aliphatic heterocycles. The van der Waals surface area contributed by atoms with E-state index < -0.39 is 4.92 Å². The van der Waals surface area contributed by atoms with Crippen LogP contribution in [0, 0.1) is 10.1 Å². The minimum atomic E-state index is -0.410. The zero-order chi connectivity index (χ0) is 10.6. The molecule has 1 aromatic carbocycles. The topological polar surface area (TPSA) is 72.4 Å². The molecule has 1 rings (SSSR count). The highest BCUT2D eigenvalue weighted by Crippen LogP contribution is 2.17. The van der Waals surface area contributed by atoms with Crippen molar-refractivity contribution in [2.75, 3.05) is 25.0 Å². The zero-order valence-electron chi connectivity index (χ0n) is 8.01. The number of benzene rings is 1. The molecule has 0 amide bonds. The highest BCUT2D eigenvalue weighted by atomic mass is 16.6. The van der Waals surface area contributed by atoms with Crippen molar-refractivity contribution in [3.05, 3.63) is 34.4 Å². The molecule has 14 heavy (non-hydrogen) atoms. The van der Waals surface area contributed by atoms with Gasteiger partial charge in [0.2, 0.25) is 0 Å². The van der Waals surface area contributed by atoms with E-state index >= 15 is 0 Å². The molecule has 0 saturated heterocycles. The first-order valence-electron chi connectivity index (χ1n) is 4.31. The number of nitro groups is 1. The quantitative estimate of drug-likeness (QED) is 0.574. The van der Waals surface area contributed by atoms with Crippen LogP contribution in [0.25, 0.3) is 0 Å². The van der Waals surface area contributed by atoms with Crippen LogP contribution in [-0.4, -0.2) is 25.1 Å². The first-order chi connectivity index (χ1) is 6.65. The molecule has 0 aromatic heterocycles. The van der Waals surface area contributed by atoms with Crippen molar-refractivity contribution in [2.45, 2.75) is 0 Å². The van der Waals surface area contributed by atoms with Gasteiger partial charge in [0.05, 0.1) is 4.92 Å². The standard InChI is InChI=1S/C9H13N3O2/c1-11(7-6-10)8-2-4-9(5-3-8)12(13)14/h2-5H,6-7,10H2,1H3. The summed E-state index contributed by atoms with van der Waals surface area (Å²) in [6.07, 6.45) is 0. The van der Waals surface area contributed by atoms with Crippen LogP contribution in [0.15, 0.2) is 24.3 Å². The molecule has 0 aliphatic carbocycles. The lowest BCUT2D eigenvalue weighted by atomic mass is 10.2. The minimum absolute atomic E-state index is 0.106. The van der Waals surface area contributed by atoms with Crippen molar-refractivity contribution in [3.8, 4) is 0 Å². The molecule has 2 N–H and O–H groups in total. The van der Waals surface area contributed by atoms with Crippen LogP contribution in [0.3, 0.4) is 0 Å². The van der Waals surface area contributed by atoms with Crippen LogP contribution in [0.5, 0.6) is 0 Å². The number of anilines is 1. The molecule has 0 bridgehead atoms. The average molecular weight is 195 g/mol. The fourth-order valence-corrected chi connectivity index (χ4v) is 1.15. The van der Waals surface area contributed by atoms with Crippen LogP contribution < -0.4 is 10.6 Å². The normalized spacial score (nSPS) is 9.86. The van der Waals surface area contributed by atoms with Gasteiger partial charge in [-0.2, -0.15) is 0 Å². The fourth-order valence-electron chi connectivity index (χ4n) is 1.15. The summed E-state index contributed by atoms with van der Waals surface area (Å²) < 4.78 is 0.